The lowest BCUT2D eigenvalue weighted by Gasteiger charge is -2.16. The quantitative estimate of drug-likeness (QED) is 0.506. The Morgan fingerprint density at radius 1 is 1.39 bits per heavy atom. The van der Waals surface area contributed by atoms with Gasteiger partial charge in [0.25, 0.3) is 5.56 Å². The van der Waals surface area contributed by atoms with Gasteiger partial charge in [0.2, 0.25) is 5.91 Å². The van der Waals surface area contributed by atoms with Crippen LogP contribution in [-0.2, 0) is 24.8 Å². The van der Waals surface area contributed by atoms with Gasteiger partial charge in [-0.15, -0.1) is 0 Å². The Bertz CT molecular complexity index is 1240. The Kier molecular flexibility index (Phi) is 5.66. The Labute approximate surface area is 179 Å². The highest BCUT2D eigenvalue weighted by Gasteiger charge is 2.31. The summed E-state index contributed by atoms with van der Waals surface area (Å²) in [5, 5.41) is 14.4. The number of nitrogens with one attached hydrogen (secondary N) is 3. The summed E-state index contributed by atoms with van der Waals surface area (Å²) in [5.74, 6) is 0.418. The molecule has 4 heterocycles. The minimum atomic E-state index is -0.586. The predicted molar refractivity (Wildman–Crippen MR) is 119 cm³/mol. The molecule has 3 aromatic rings. The summed E-state index contributed by atoms with van der Waals surface area (Å²) in [5.41, 5.74) is 2.82. The molecule has 3 aromatic heterocycles. The maximum atomic E-state index is 13.0. The molecular weight excluding hydrogens is 394 g/mol. The molecule has 0 saturated heterocycles. The number of aromatic nitrogens is 4. The molecule has 9 heteroatoms. The van der Waals surface area contributed by atoms with Gasteiger partial charge >= 0.3 is 0 Å². The number of fused-ring (bicyclic) bond motifs is 2. The Morgan fingerprint density at radius 3 is 2.97 bits per heavy atom. The SMILES string of the molecule is C/C=C(\C=N)CNc1cnc2n(c1=O)C(C(=O)NCc1cc3cnccc3n1C)CC2. The second-order valence-corrected chi connectivity index (χ2v) is 7.53. The van der Waals surface area contributed by atoms with Crippen molar-refractivity contribution in [1.82, 2.24) is 24.4 Å². The number of hydrogen-bond donors (Lipinski definition) is 3. The largest absolute Gasteiger partial charge is 0.375 e. The fourth-order valence-electron chi connectivity index (χ4n) is 3.92. The number of allylic oxidation sites excluding steroid dienone is 1. The maximum Gasteiger partial charge on any atom is 0.277 e. The highest BCUT2D eigenvalue weighted by atomic mass is 16.2. The minimum absolute atomic E-state index is 0.197. The third kappa shape index (κ3) is 3.86. The molecule has 3 N–H and O–H groups in total. The van der Waals surface area contributed by atoms with Crippen LogP contribution in [0.2, 0.25) is 0 Å². The van der Waals surface area contributed by atoms with Crippen molar-refractivity contribution in [3.8, 4) is 0 Å². The number of nitrogens with zero attached hydrogens (tertiary/aromatic N) is 4. The molecule has 31 heavy (non-hydrogen) atoms. The van der Waals surface area contributed by atoms with Gasteiger partial charge in [-0.3, -0.25) is 19.1 Å². The topological polar surface area (TPSA) is 118 Å². The Morgan fingerprint density at radius 2 is 2.23 bits per heavy atom. The summed E-state index contributed by atoms with van der Waals surface area (Å²) in [4.78, 5) is 34.5. The van der Waals surface area contributed by atoms with Crippen molar-refractivity contribution in [3.05, 3.63) is 64.2 Å². The first-order valence-corrected chi connectivity index (χ1v) is 10.2. The molecule has 4 rings (SSSR count). The standard InChI is InChI=1S/C22H25N7O2/c1-3-14(9-23)10-25-17-13-26-20-5-4-19(29(20)22(17)31)21(30)27-12-16-8-15-11-24-7-6-18(15)28(16)2/h3,6-9,11,13,19,23,25H,4-5,10,12H2,1-2H3,(H,27,30)/b14-3+,23-9?. The molecule has 0 saturated carbocycles. The summed E-state index contributed by atoms with van der Waals surface area (Å²) < 4.78 is 3.51. The summed E-state index contributed by atoms with van der Waals surface area (Å²) in [7, 11) is 1.95. The average molecular weight is 419 g/mol. The van der Waals surface area contributed by atoms with E-state index in [0.29, 0.717) is 37.4 Å². The van der Waals surface area contributed by atoms with Crippen molar-refractivity contribution < 1.29 is 4.79 Å². The summed E-state index contributed by atoms with van der Waals surface area (Å²) in [6.45, 7) is 2.55. The van der Waals surface area contributed by atoms with Crippen LogP contribution in [0.15, 0.2) is 47.2 Å². The van der Waals surface area contributed by atoms with Gasteiger partial charge in [0, 0.05) is 49.7 Å². The van der Waals surface area contributed by atoms with Crippen molar-refractivity contribution >= 4 is 28.7 Å². The minimum Gasteiger partial charge on any atom is -0.375 e. The molecule has 1 aliphatic rings. The molecule has 1 aliphatic heterocycles. The number of carbonyl (C=O) groups excluding carboxylic acids is 1. The molecule has 0 spiro atoms. The Balaban J connectivity index is 1.50. The molecule has 0 aromatic carbocycles. The van der Waals surface area contributed by atoms with Crippen LogP contribution in [-0.4, -0.2) is 37.8 Å². The van der Waals surface area contributed by atoms with E-state index >= 15 is 0 Å². The first-order valence-electron chi connectivity index (χ1n) is 10.2. The second kappa shape index (κ2) is 8.55. The van der Waals surface area contributed by atoms with Crippen molar-refractivity contribution in [2.45, 2.75) is 32.4 Å². The molecular formula is C22H25N7O2. The highest BCUT2D eigenvalue weighted by Crippen LogP contribution is 2.24. The molecule has 9 nitrogen and oxygen atoms in total. The summed E-state index contributed by atoms with van der Waals surface area (Å²) in [6.07, 6.45) is 9.21. The fraction of sp³-hybridized carbons (Fsp3) is 0.318. The third-order valence-corrected chi connectivity index (χ3v) is 5.75. The molecule has 0 radical (unpaired) electrons. The van der Waals surface area contributed by atoms with Crippen LogP contribution in [0.5, 0.6) is 0 Å². The molecule has 1 atom stereocenters. The normalized spacial score (nSPS) is 15.7. The van der Waals surface area contributed by atoms with Crippen LogP contribution in [0.25, 0.3) is 10.9 Å². The zero-order chi connectivity index (χ0) is 22.0. The molecule has 1 amide bonds. The molecule has 0 fully saturated rings. The smallest absolute Gasteiger partial charge is 0.277 e. The van der Waals surface area contributed by atoms with Crippen LogP contribution in [0.1, 0.15) is 30.9 Å². The van der Waals surface area contributed by atoms with E-state index in [4.69, 9.17) is 5.41 Å². The lowest BCUT2D eigenvalue weighted by Crippen LogP contribution is -2.36. The number of carbonyl (C=O) groups is 1. The number of aryl methyl sites for hydroxylation is 2. The third-order valence-electron chi connectivity index (χ3n) is 5.75. The Hall–Kier alpha value is -3.75. The van der Waals surface area contributed by atoms with Crippen LogP contribution >= 0.6 is 0 Å². The van der Waals surface area contributed by atoms with Crippen molar-refractivity contribution in [2.24, 2.45) is 7.05 Å². The highest BCUT2D eigenvalue weighted by molar-refractivity contribution is 5.82. The number of amides is 1. The second-order valence-electron chi connectivity index (χ2n) is 7.53. The predicted octanol–water partition coefficient (Wildman–Crippen LogP) is 1.94. The van der Waals surface area contributed by atoms with Gasteiger partial charge in [-0.05, 0) is 31.1 Å². The summed E-state index contributed by atoms with van der Waals surface area (Å²) >= 11 is 0. The first kappa shape index (κ1) is 20.5. The van der Waals surface area contributed by atoms with Gasteiger partial charge in [-0.1, -0.05) is 6.08 Å². The van der Waals surface area contributed by atoms with E-state index in [-0.39, 0.29) is 11.5 Å². The molecule has 0 bridgehead atoms. The van der Waals surface area contributed by atoms with E-state index in [0.717, 1.165) is 22.2 Å². The van der Waals surface area contributed by atoms with Gasteiger partial charge in [0.05, 0.1) is 18.3 Å². The van der Waals surface area contributed by atoms with E-state index in [1.165, 1.54) is 17.0 Å². The fourth-order valence-corrected chi connectivity index (χ4v) is 3.92. The van der Waals surface area contributed by atoms with Gasteiger partial charge < -0.3 is 20.6 Å². The molecule has 1 unspecified atom stereocenters. The number of pyridine rings is 1. The van der Waals surface area contributed by atoms with Crippen LogP contribution in [0, 0.1) is 5.41 Å². The average Bonchev–Trinajstić information content (AvgIpc) is 3.36. The van der Waals surface area contributed by atoms with E-state index in [1.54, 1.807) is 18.5 Å². The lowest BCUT2D eigenvalue weighted by molar-refractivity contribution is -0.124. The number of hydrogen-bond acceptors (Lipinski definition) is 6. The zero-order valence-corrected chi connectivity index (χ0v) is 17.6. The van der Waals surface area contributed by atoms with E-state index < -0.39 is 6.04 Å². The van der Waals surface area contributed by atoms with Gasteiger partial charge in [-0.25, -0.2) is 4.98 Å². The van der Waals surface area contributed by atoms with Crippen LogP contribution in [0.4, 0.5) is 5.69 Å². The van der Waals surface area contributed by atoms with E-state index in [1.807, 2.05) is 30.7 Å². The molecule has 0 aliphatic carbocycles. The zero-order valence-electron chi connectivity index (χ0n) is 17.6. The van der Waals surface area contributed by atoms with Crippen LogP contribution in [0.3, 0.4) is 0 Å². The van der Waals surface area contributed by atoms with Crippen molar-refractivity contribution in [2.75, 3.05) is 11.9 Å². The lowest BCUT2D eigenvalue weighted by atomic mass is 10.2. The van der Waals surface area contributed by atoms with Gasteiger partial charge in [0.15, 0.2) is 0 Å². The number of rotatable bonds is 7. The van der Waals surface area contributed by atoms with Gasteiger partial charge in [0.1, 0.15) is 17.6 Å². The van der Waals surface area contributed by atoms with Gasteiger partial charge in [-0.2, -0.15) is 0 Å². The first-order chi connectivity index (χ1) is 15.0. The van der Waals surface area contributed by atoms with E-state index in [9.17, 15) is 9.59 Å². The van der Waals surface area contributed by atoms with Crippen LogP contribution < -0.4 is 16.2 Å². The maximum absolute atomic E-state index is 13.0. The molecule has 160 valence electrons. The van der Waals surface area contributed by atoms with E-state index in [2.05, 4.69) is 20.6 Å². The summed E-state index contributed by atoms with van der Waals surface area (Å²) in [6, 6.07) is 3.35. The van der Waals surface area contributed by atoms with Crippen molar-refractivity contribution in [3.63, 3.8) is 0 Å². The monoisotopic (exact) mass is 419 g/mol. The van der Waals surface area contributed by atoms with Crippen molar-refractivity contribution in [1.29, 1.82) is 5.41 Å². The number of anilines is 1.